The molecule has 5 atom stereocenters. The Kier molecular flexibility index (Phi) is 13.8. The molecular formula is C53H50O6. The minimum atomic E-state index is -0.988. The molecule has 0 aliphatic carbocycles. The summed E-state index contributed by atoms with van der Waals surface area (Å²) in [5, 5.41) is 0. The Morgan fingerprint density at radius 2 is 0.644 bits per heavy atom. The second-order valence-corrected chi connectivity index (χ2v) is 14.7. The van der Waals surface area contributed by atoms with Crippen LogP contribution in [-0.4, -0.2) is 37.3 Å². The molecule has 59 heavy (non-hydrogen) atoms. The molecule has 1 aliphatic heterocycles. The smallest absolute Gasteiger partial charge is 0.187 e. The maximum absolute atomic E-state index is 7.44. The third-order valence-electron chi connectivity index (χ3n) is 10.7. The molecule has 0 bridgehead atoms. The highest BCUT2D eigenvalue weighted by molar-refractivity contribution is 5.47. The van der Waals surface area contributed by atoms with Crippen LogP contribution < -0.4 is 0 Å². The molecule has 7 aromatic rings. The van der Waals surface area contributed by atoms with Gasteiger partial charge in [0.25, 0.3) is 0 Å². The first-order valence-corrected chi connectivity index (χ1v) is 20.3. The Balaban J connectivity index is 1.20. The summed E-state index contributed by atoms with van der Waals surface area (Å²) in [6.45, 7) is 1.45. The molecule has 1 saturated heterocycles. The molecule has 0 radical (unpaired) electrons. The van der Waals surface area contributed by atoms with Crippen molar-refractivity contribution >= 4 is 0 Å². The molecule has 0 saturated carbocycles. The number of benzene rings is 7. The summed E-state index contributed by atoms with van der Waals surface area (Å²) in [6.07, 6.45) is -3.39. The van der Waals surface area contributed by atoms with E-state index < -0.39 is 36.3 Å². The average molecular weight is 783 g/mol. The van der Waals surface area contributed by atoms with Crippen molar-refractivity contribution in [1.82, 2.24) is 0 Å². The lowest BCUT2D eigenvalue weighted by Gasteiger charge is -2.47. The van der Waals surface area contributed by atoms with Crippen molar-refractivity contribution in [3.63, 3.8) is 0 Å². The minimum absolute atomic E-state index is 0.139. The van der Waals surface area contributed by atoms with E-state index in [1.165, 1.54) is 0 Å². The number of hydrogen-bond acceptors (Lipinski definition) is 6. The van der Waals surface area contributed by atoms with E-state index in [4.69, 9.17) is 28.4 Å². The molecule has 1 aliphatic rings. The van der Waals surface area contributed by atoms with Crippen LogP contribution in [-0.2, 0) is 60.4 Å². The first kappa shape index (κ1) is 40.1. The molecule has 1 fully saturated rings. The van der Waals surface area contributed by atoms with Crippen molar-refractivity contribution in [2.75, 3.05) is 6.61 Å². The molecule has 0 spiro atoms. The molecule has 7 aromatic carbocycles. The summed E-state index contributed by atoms with van der Waals surface area (Å²) in [6, 6.07) is 71.8. The molecule has 0 N–H and O–H groups in total. The van der Waals surface area contributed by atoms with Gasteiger partial charge in [-0.25, -0.2) is 0 Å². The van der Waals surface area contributed by atoms with E-state index in [2.05, 4.69) is 109 Å². The summed E-state index contributed by atoms with van der Waals surface area (Å²) in [5.41, 5.74) is 6.11. The van der Waals surface area contributed by atoms with Crippen LogP contribution in [0, 0.1) is 0 Å². The van der Waals surface area contributed by atoms with E-state index in [1.54, 1.807) is 0 Å². The van der Waals surface area contributed by atoms with Crippen LogP contribution in [0.5, 0.6) is 0 Å². The normalized spacial score (nSPS) is 19.3. The minimum Gasteiger partial charge on any atom is -0.368 e. The number of rotatable bonds is 18. The van der Waals surface area contributed by atoms with Gasteiger partial charge in [0.1, 0.15) is 30.0 Å². The van der Waals surface area contributed by atoms with Gasteiger partial charge in [0.2, 0.25) is 0 Å². The number of ether oxygens (including phenoxy) is 6. The highest BCUT2D eigenvalue weighted by Crippen LogP contribution is 2.42. The molecule has 8 rings (SSSR count). The first-order valence-electron chi connectivity index (χ1n) is 20.3. The van der Waals surface area contributed by atoms with Crippen LogP contribution in [0.3, 0.4) is 0 Å². The molecule has 6 heteroatoms. The second kappa shape index (κ2) is 20.3. The van der Waals surface area contributed by atoms with Crippen molar-refractivity contribution in [2.24, 2.45) is 0 Å². The van der Waals surface area contributed by atoms with Gasteiger partial charge in [-0.3, -0.25) is 0 Å². The predicted octanol–water partition coefficient (Wildman–Crippen LogP) is 10.7. The highest BCUT2D eigenvalue weighted by Gasteiger charge is 2.50. The summed E-state index contributed by atoms with van der Waals surface area (Å²) in [4.78, 5) is 0. The fourth-order valence-corrected chi connectivity index (χ4v) is 7.74. The largest absolute Gasteiger partial charge is 0.368 e. The molecule has 0 aromatic heterocycles. The topological polar surface area (TPSA) is 55.4 Å². The summed E-state index contributed by atoms with van der Waals surface area (Å²) < 4.78 is 42.2. The summed E-state index contributed by atoms with van der Waals surface area (Å²) >= 11 is 0. The highest BCUT2D eigenvalue weighted by atomic mass is 16.7. The van der Waals surface area contributed by atoms with E-state index in [1.807, 2.05) is 103 Å². The van der Waals surface area contributed by atoms with Crippen molar-refractivity contribution in [3.8, 4) is 0 Å². The van der Waals surface area contributed by atoms with E-state index >= 15 is 0 Å². The third-order valence-corrected chi connectivity index (χ3v) is 10.7. The van der Waals surface area contributed by atoms with Crippen LogP contribution in [0.25, 0.3) is 0 Å². The van der Waals surface area contributed by atoms with Crippen molar-refractivity contribution in [3.05, 3.63) is 251 Å². The lowest BCUT2D eigenvalue weighted by molar-refractivity contribution is -0.332. The van der Waals surface area contributed by atoms with Crippen LogP contribution in [0.2, 0.25) is 0 Å². The molecule has 298 valence electrons. The molecular weight excluding hydrogens is 733 g/mol. The predicted molar refractivity (Wildman–Crippen MR) is 230 cm³/mol. The van der Waals surface area contributed by atoms with E-state index in [0.717, 1.165) is 38.9 Å². The maximum Gasteiger partial charge on any atom is 0.187 e. The SMILES string of the molecule is c1ccc(CO[C@H]2O[C@H](COC(c3ccccc3)(c3ccccc3)c3ccccc3)[C@@H](OCc3ccccc3)[C@H](OCc3ccccc3)[C@@H]2OCc2ccccc2)cc1. The van der Waals surface area contributed by atoms with E-state index in [0.29, 0.717) is 26.4 Å². The van der Waals surface area contributed by atoms with Gasteiger partial charge in [-0.1, -0.05) is 212 Å². The lowest BCUT2D eigenvalue weighted by Crippen LogP contribution is -2.62. The van der Waals surface area contributed by atoms with Crippen LogP contribution in [0.1, 0.15) is 38.9 Å². The fraction of sp³-hybridized carbons (Fsp3) is 0.208. The van der Waals surface area contributed by atoms with Gasteiger partial charge in [-0.15, -0.1) is 0 Å². The zero-order valence-electron chi connectivity index (χ0n) is 33.1. The van der Waals surface area contributed by atoms with Gasteiger partial charge >= 0.3 is 0 Å². The Hall–Kier alpha value is -5.70. The van der Waals surface area contributed by atoms with E-state index in [-0.39, 0.29) is 6.61 Å². The Bertz CT molecular complexity index is 2130. The van der Waals surface area contributed by atoms with Crippen LogP contribution in [0.4, 0.5) is 0 Å². The number of hydrogen-bond donors (Lipinski definition) is 0. The second-order valence-electron chi connectivity index (χ2n) is 14.7. The zero-order valence-corrected chi connectivity index (χ0v) is 33.1. The van der Waals surface area contributed by atoms with Crippen LogP contribution in [0.15, 0.2) is 212 Å². The monoisotopic (exact) mass is 782 g/mol. The average Bonchev–Trinajstić information content (AvgIpc) is 3.32. The van der Waals surface area contributed by atoms with E-state index in [9.17, 15) is 0 Å². The summed E-state index contributed by atoms with van der Waals surface area (Å²) in [5.74, 6) is 0. The van der Waals surface area contributed by atoms with Crippen molar-refractivity contribution in [1.29, 1.82) is 0 Å². The molecule has 0 unspecified atom stereocenters. The van der Waals surface area contributed by atoms with Crippen molar-refractivity contribution in [2.45, 2.75) is 62.7 Å². The Morgan fingerprint density at radius 1 is 0.339 bits per heavy atom. The third kappa shape index (κ3) is 10.1. The van der Waals surface area contributed by atoms with Gasteiger partial charge in [0, 0.05) is 0 Å². The first-order chi connectivity index (χ1) is 29.3. The van der Waals surface area contributed by atoms with Gasteiger partial charge < -0.3 is 28.4 Å². The Labute approximate surface area is 347 Å². The maximum atomic E-state index is 7.44. The molecule has 6 nitrogen and oxygen atoms in total. The van der Waals surface area contributed by atoms with Gasteiger partial charge in [0.15, 0.2) is 6.29 Å². The molecule has 1 heterocycles. The van der Waals surface area contributed by atoms with Gasteiger partial charge in [0.05, 0.1) is 33.0 Å². The zero-order chi connectivity index (χ0) is 40.0. The summed E-state index contributed by atoms with van der Waals surface area (Å²) in [7, 11) is 0. The van der Waals surface area contributed by atoms with Crippen LogP contribution >= 0.6 is 0 Å². The Morgan fingerprint density at radius 3 is 1.02 bits per heavy atom. The molecule has 0 amide bonds. The van der Waals surface area contributed by atoms with Gasteiger partial charge in [-0.2, -0.15) is 0 Å². The van der Waals surface area contributed by atoms with Gasteiger partial charge in [-0.05, 0) is 38.9 Å². The standard InChI is InChI=1S/C53H50O6/c1-8-22-41(23-9-1)36-54-49-48(40-58-53(45-30-16-5-17-31-45,46-32-18-6-19-33-46)47-34-20-7-21-35-47)59-52(57-39-44-28-14-4-15-29-44)51(56-38-43-26-12-3-13-27-43)50(49)55-37-42-24-10-2-11-25-42/h1-35,48-52H,36-40H2/t48-,49-,50+,51+,52+/m1/s1. The fourth-order valence-electron chi connectivity index (χ4n) is 7.74. The van der Waals surface area contributed by atoms with Crippen molar-refractivity contribution < 1.29 is 28.4 Å². The lowest BCUT2D eigenvalue weighted by atomic mass is 9.80. The quantitative estimate of drug-likeness (QED) is 0.0808.